The molecule has 0 bridgehead atoms. The van der Waals surface area contributed by atoms with Crippen molar-refractivity contribution in [3.63, 3.8) is 0 Å². The van der Waals surface area contributed by atoms with E-state index in [0.29, 0.717) is 11.3 Å². The van der Waals surface area contributed by atoms with Crippen LogP contribution in [0, 0.1) is 0 Å². The number of aliphatic hydroxyl groups is 1. The highest BCUT2D eigenvalue weighted by atomic mass is 32.2. The molecule has 4 amide bonds. The molecular weight excluding hydrogens is 528 g/mol. The quantitative estimate of drug-likeness (QED) is 0.124. The number of carbonyl (C=O) groups excluding carboxylic acids is 4. The van der Waals surface area contributed by atoms with Crippen molar-refractivity contribution in [3.8, 4) is 0 Å². The first-order valence-electron chi connectivity index (χ1n) is 12.3. The lowest BCUT2D eigenvalue weighted by Crippen LogP contribution is -2.58. The highest BCUT2D eigenvalue weighted by molar-refractivity contribution is 7.98. The van der Waals surface area contributed by atoms with Crippen LogP contribution in [0.1, 0.15) is 31.7 Å². The van der Waals surface area contributed by atoms with Crippen LogP contribution >= 0.6 is 11.8 Å². The van der Waals surface area contributed by atoms with E-state index in [2.05, 4.69) is 20.9 Å². The van der Waals surface area contributed by atoms with Crippen LogP contribution in [-0.4, -0.2) is 87.1 Å². The van der Waals surface area contributed by atoms with Gasteiger partial charge in [0.2, 0.25) is 23.6 Å². The van der Waals surface area contributed by atoms with Crippen molar-refractivity contribution in [3.05, 3.63) is 36.0 Å². The number of para-hydroxylation sites is 1. The largest absolute Gasteiger partial charge is 0.480 e. The smallest absolute Gasteiger partial charge is 0.326 e. The average Bonchev–Trinajstić information content (AvgIpc) is 3.30. The molecule has 0 saturated heterocycles. The minimum absolute atomic E-state index is 0.00372. The SMILES string of the molecule is CSCCC(NC(=O)C(CCC(N)=O)NC(=O)C(Cc1c[nH]c2ccccc12)NC(=O)C(N)C(C)O)C(=O)O. The summed E-state index contributed by atoms with van der Waals surface area (Å²) in [5.41, 5.74) is 12.5. The Morgan fingerprint density at radius 3 is 2.21 bits per heavy atom. The number of hydrogen-bond acceptors (Lipinski definition) is 8. The summed E-state index contributed by atoms with van der Waals surface area (Å²) in [6, 6.07) is 2.28. The number of thioether (sulfide) groups is 1. The number of aromatic amines is 1. The average molecular weight is 565 g/mol. The van der Waals surface area contributed by atoms with Crippen LogP contribution in [0.4, 0.5) is 0 Å². The molecule has 39 heavy (non-hydrogen) atoms. The third-order valence-electron chi connectivity index (χ3n) is 6.09. The molecule has 10 N–H and O–H groups in total. The van der Waals surface area contributed by atoms with Gasteiger partial charge in [0.15, 0.2) is 0 Å². The van der Waals surface area contributed by atoms with Gasteiger partial charge in [0.1, 0.15) is 24.2 Å². The number of aliphatic carboxylic acids is 1. The Bertz CT molecular complexity index is 1170. The van der Waals surface area contributed by atoms with E-state index in [1.807, 2.05) is 24.3 Å². The second-order valence-corrected chi connectivity index (χ2v) is 10.1. The molecule has 1 heterocycles. The standard InChI is InChI=1S/C25H36N6O7S/c1-13(32)21(27)24(36)31-19(11-14-12-28-16-6-4-3-5-15(14)16)23(35)29-17(7-8-20(26)33)22(34)30-18(25(37)38)9-10-39-2/h3-6,12-13,17-19,21,28,32H,7-11,27H2,1-2H3,(H2,26,33)(H,29,35)(H,30,34)(H,31,36)(H,37,38). The van der Waals surface area contributed by atoms with Crippen molar-refractivity contribution in [2.45, 2.75) is 62.9 Å². The van der Waals surface area contributed by atoms with Gasteiger partial charge in [-0.2, -0.15) is 11.8 Å². The van der Waals surface area contributed by atoms with E-state index >= 15 is 0 Å². The zero-order valence-corrected chi connectivity index (χ0v) is 22.6. The first-order chi connectivity index (χ1) is 18.4. The zero-order chi connectivity index (χ0) is 29.1. The predicted octanol–water partition coefficient (Wildman–Crippen LogP) is -1.02. The zero-order valence-electron chi connectivity index (χ0n) is 21.8. The van der Waals surface area contributed by atoms with Gasteiger partial charge in [-0.1, -0.05) is 18.2 Å². The Kier molecular flexibility index (Phi) is 12.2. The topological polar surface area (TPSA) is 230 Å². The van der Waals surface area contributed by atoms with Gasteiger partial charge in [0.05, 0.1) is 6.10 Å². The van der Waals surface area contributed by atoms with Crippen molar-refractivity contribution >= 4 is 52.3 Å². The maximum Gasteiger partial charge on any atom is 0.326 e. The lowest BCUT2D eigenvalue weighted by atomic mass is 10.0. The van der Waals surface area contributed by atoms with Crippen molar-refractivity contribution in [1.29, 1.82) is 0 Å². The molecule has 0 aliphatic heterocycles. The predicted molar refractivity (Wildman–Crippen MR) is 147 cm³/mol. The highest BCUT2D eigenvalue weighted by Crippen LogP contribution is 2.19. The molecule has 0 spiro atoms. The first kappa shape index (κ1) is 31.6. The summed E-state index contributed by atoms with van der Waals surface area (Å²) in [6.45, 7) is 1.33. The fourth-order valence-electron chi connectivity index (χ4n) is 3.81. The molecule has 2 aromatic rings. The van der Waals surface area contributed by atoms with Crippen LogP contribution in [0.15, 0.2) is 30.5 Å². The molecule has 0 radical (unpaired) electrons. The van der Waals surface area contributed by atoms with E-state index in [9.17, 15) is 34.2 Å². The maximum atomic E-state index is 13.4. The lowest BCUT2D eigenvalue weighted by molar-refractivity contribution is -0.142. The van der Waals surface area contributed by atoms with E-state index in [0.717, 1.165) is 10.9 Å². The molecule has 13 nitrogen and oxygen atoms in total. The molecule has 5 atom stereocenters. The van der Waals surface area contributed by atoms with Crippen LogP contribution in [0.2, 0.25) is 0 Å². The number of primary amides is 1. The number of carboxylic acid groups (broad SMARTS) is 1. The summed E-state index contributed by atoms with van der Waals surface area (Å²) in [5.74, 6) is -3.86. The van der Waals surface area contributed by atoms with Crippen LogP contribution in [0.5, 0.6) is 0 Å². The second kappa shape index (κ2) is 15.1. The van der Waals surface area contributed by atoms with E-state index < -0.39 is 59.9 Å². The Labute approximate surface area is 229 Å². The number of rotatable bonds is 16. The van der Waals surface area contributed by atoms with Gasteiger partial charge in [-0.25, -0.2) is 4.79 Å². The Morgan fingerprint density at radius 2 is 1.59 bits per heavy atom. The summed E-state index contributed by atoms with van der Waals surface area (Å²) >= 11 is 1.41. The molecule has 0 fully saturated rings. The molecule has 0 saturated carbocycles. The minimum atomic E-state index is -1.31. The number of aliphatic hydroxyl groups excluding tert-OH is 1. The van der Waals surface area contributed by atoms with Crippen LogP contribution in [-0.2, 0) is 30.4 Å². The van der Waals surface area contributed by atoms with Crippen molar-refractivity contribution in [1.82, 2.24) is 20.9 Å². The van der Waals surface area contributed by atoms with Crippen molar-refractivity contribution in [2.24, 2.45) is 11.5 Å². The number of fused-ring (bicyclic) bond motifs is 1. The molecule has 214 valence electrons. The molecule has 1 aromatic heterocycles. The number of amides is 4. The summed E-state index contributed by atoms with van der Waals surface area (Å²) in [6.07, 6.45) is 1.99. The van der Waals surface area contributed by atoms with Crippen molar-refractivity contribution in [2.75, 3.05) is 12.0 Å². The summed E-state index contributed by atoms with van der Waals surface area (Å²) < 4.78 is 0. The van der Waals surface area contributed by atoms with Gasteiger partial charge in [0, 0.05) is 29.9 Å². The van der Waals surface area contributed by atoms with Gasteiger partial charge in [-0.05, 0) is 43.4 Å². The Balaban J connectivity index is 2.30. The Hall–Kier alpha value is -3.62. The number of carboxylic acids is 1. The Morgan fingerprint density at radius 1 is 0.974 bits per heavy atom. The molecule has 5 unspecified atom stereocenters. The second-order valence-electron chi connectivity index (χ2n) is 9.14. The third kappa shape index (κ3) is 9.57. The monoisotopic (exact) mass is 564 g/mol. The van der Waals surface area contributed by atoms with E-state index in [-0.39, 0.29) is 25.7 Å². The van der Waals surface area contributed by atoms with Gasteiger partial charge in [-0.3, -0.25) is 19.2 Å². The molecule has 14 heteroatoms. The van der Waals surface area contributed by atoms with Crippen LogP contribution in [0.3, 0.4) is 0 Å². The van der Waals surface area contributed by atoms with Gasteiger partial charge in [0.25, 0.3) is 0 Å². The van der Waals surface area contributed by atoms with Gasteiger partial charge >= 0.3 is 5.97 Å². The molecule has 0 aliphatic carbocycles. The third-order valence-corrected chi connectivity index (χ3v) is 6.74. The molecule has 1 aromatic carbocycles. The van der Waals surface area contributed by atoms with E-state index in [1.54, 1.807) is 12.5 Å². The number of hydrogen-bond donors (Lipinski definition) is 8. The molecular formula is C25H36N6O7S. The van der Waals surface area contributed by atoms with E-state index in [1.165, 1.54) is 18.7 Å². The molecule has 2 rings (SSSR count). The summed E-state index contributed by atoms with van der Waals surface area (Å²) in [5, 5.41) is 27.5. The number of nitrogens with one attached hydrogen (secondary N) is 4. The number of benzene rings is 1. The normalized spacial score (nSPS) is 15.0. The number of carbonyl (C=O) groups is 5. The lowest BCUT2D eigenvalue weighted by Gasteiger charge is -2.25. The van der Waals surface area contributed by atoms with Crippen LogP contribution in [0.25, 0.3) is 10.9 Å². The highest BCUT2D eigenvalue weighted by Gasteiger charge is 2.31. The number of aromatic nitrogens is 1. The van der Waals surface area contributed by atoms with Gasteiger partial charge in [-0.15, -0.1) is 0 Å². The van der Waals surface area contributed by atoms with Crippen molar-refractivity contribution < 1.29 is 34.2 Å². The summed E-state index contributed by atoms with van der Waals surface area (Å²) in [7, 11) is 0. The maximum absolute atomic E-state index is 13.4. The van der Waals surface area contributed by atoms with Gasteiger partial charge < -0.3 is 42.6 Å². The van der Waals surface area contributed by atoms with Crippen LogP contribution < -0.4 is 27.4 Å². The van der Waals surface area contributed by atoms with E-state index in [4.69, 9.17) is 11.5 Å². The number of H-pyrrole nitrogens is 1. The fourth-order valence-corrected chi connectivity index (χ4v) is 4.28. The molecule has 0 aliphatic rings. The summed E-state index contributed by atoms with van der Waals surface area (Å²) in [4.78, 5) is 65.2. The minimum Gasteiger partial charge on any atom is -0.480 e. The fraction of sp³-hybridized carbons (Fsp3) is 0.480. The first-order valence-corrected chi connectivity index (χ1v) is 13.7. The number of nitrogens with two attached hydrogens (primary N) is 2.